The van der Waals surface area contributed by atoms with Gasteiger partial charge in [0.05, 0.1) is 5.69 Å². The molecule has 0 radical (unpaired) electrons. The van der Waals surface area contributed by atoms with Crippen molar-refractivity contribution in [1.29, 1.82) is 0 Å². The van der Waals surface area contributed by atoms with Gasteiger partial charge in [-0.3, -0.25) is 0 Å². The van der Waals surface area contributed by atoms with Crippen molar-refractivity contribution in [2.45, 2.75) is 38.8 Å². The molecule has 2 aromatic rings. The number of nitrogens with one attached hydrogen (secondary N) is 1. The third kappa shape index (κ3) is 3.35. The molecular formula is C15H18N2O2. The predicted molar refractivity (Wildman–Crippen MR) is 72.3 cm³/mol. The van der Waals surface area contributed by atoms with E-state index in [0.717, 1.165) is 24.4 Å². The molecule has 1 N–H and O–H groups in total. The van der Waals surface area contributed by atoms with Crippen LogP contribution < -0.4 is 10.1 Å². The van der Waals surface area contributed by atoms with Crippen molar-refractivity contribution >= 4 is 0 Å². The van der Waals surface area contributed by atoms with E-state index in [4.69, 9.17) is 9.15 Å². The number of aromatic nitrogens is 1. The van der Waals surface area contributed by atoms with Crippen molar-refractivity contribution in [2.24, 2.45) is 0 Å². The molecule has 0 aliphatic heterocycles. The number of hydrogen-bond acceptors (Lipinski definition) is 4. The summed E-state index contributed by atoms with van der Waals surface area (Å²) >= 11 is 0. The third-order valence-electron chi connectivity index (χ3n) is 3.22. The van der Waals surface area contributed by atoms with E-state index < -0.39 is 0 Å². The van der Waals surface area contributed by atoms with Crippen LogP contribution in [-0.4, -0.2) is 11.0 Å². The van der Waals surface area contributed by atoms with E-state index in [-0.39, 0.29) is 0 Å². The normalized spacial score (nSPS) is 14.6. The molecule has 4 heteroatoms. The monoisotopic (exact) mass is 258 g/mol. The van der Waals surface area contributed by atoms with E-state index in [2.05, 4.69) is 17.2 Å². The topological polar surface area (TPSA) is 47.3 Å². The first kappa shape index (κ1) is 12.2. The van der Waals surface area contributed by atoms with Gasteiger partial charge in [-0.25, -0.2) is 0 Å². The summed E-state index contributed by atoms with van der Waals surface area (Å²) in [4.78, 5) is 4.30. The lowest BCUT2D eigenvalue weighted by molar-refractivity contribution is 0.330. The summed E-state index contributed by atoms with van der Waals surface area (Å²) in [6, 6.07) is 8.64. The fraction of sp³-hybridized carbons (Fsp3) is 0.400. The van der Waals surface area contributed by atoms with Crippen LogP contribution in [0.1, 0.15) is 31.0 Å². The van der Waals surface area contributed by atoms with Gasteiger partial charge in [0.2, 0.25) is 0 Å². The standard InChI is InChI=1S/C15H18N2O2/c1-2-11-3-7-14(8-4-11)19-15-17-13(10-18-15)9-16-12-5-6-12/h3-4,7-8,10,12,16H,2,5-6,9H2,1H3. The molecule has 1 aromatic heterocycles. The van der Waals surface area contributed by atoms with Crippen molar-refractivity contribution in [2.75, 3.05) is 0 Å². The first-order chi connectivity index (χ1) is 9.33. The Morgan fingerprint density at radius 1 is 1.32 bits per heavy atom. The van der Waals surface area contributed by atoms with Crippen molar-refractivity contribution in [1.82, 2.24) is 10.3 Å². The van der Waals surface area contributed by atoms with Crippen LogP contribution in [0.4, 0.5) is 0 Å². The maximum atomic E-state index is 5.58. The quantitative estimate of drug-likeness (QED) is 0.863. The highest BCUT2D eigenvalue weighted by molar-refractivity contribution is 5.28. The Hall–Kier alpha value is -1.81. The molecule has 4 nitrogen and oxygen atoms in total. The second-order valence-electron chi connectivity index (χ2n) is 4.86. The predicted octanol–water partition coefficient (Wildman–Crippen LogP) is 3.28. The SMILES string of the molecule is CCc1ccc(Oc2nc(CNC3CC3)co2)cc1. The maximum absolute atomic E-state index is 5.58. The van der Waals surface area contributed by atoms with Gasteiger partial charge in [-0.1, -0.05) is 19.1 Å². The zero-order valence-corrected chi connectivity index (χ0v) is 11.1. The summed E-state index contributed by atoms with van der Waals surface area (Å²) < 4.78 is 10.9. The molecule has 0 bridgehead atoms. The molecule has 0 unspecified atom stereocenters. The Bertz CT molecular complexity index is 529. The van der Waals surface area contributed by atoms with Crippen LogP contribution in [0.15, 0.2) is 34.9 Å². The number of nitrogens with zero attached hydrogens (tertiary/aromatic N) is 1. The minimum Gasteiger partial charge on any atom is -0.417 e. The smallest absolute Gasteiger partial charge is 0.399 e. The third-order valence-corrected chi connectivity index (χ3v) is 3.22. The molecule has 1 aliphatic carbocycles. The van der Waals surface area contributed by atoms with Gasteiger partial charge in [0.15, 0.2) is 0 Å². The van der Waals surface area contributed by atoms with Crippen LogP contribution in [0.2, 0.25) is 0 Å². The largest absolute Gasteiger partial charge is 0.417 e. The van der Waals surface area contributed by atoms with Gasteiger partial charge in [-0.15, -0.1) is 0 Å². The Labute approximate surface area is 112 Å². The number of rotatable bonds is 6. The lowest BCUT2D eigenvalue weighted by Gasteiger charge is -2.01. The Balaban J connectivity index is 1.58. The molecule has 1 fully saturated rings. The number of ether oxygens (including phenoxy) is 1. The average molecular weight is 258 g/mol. The first-order valence-corrected chi connectivity index (χ1v) is 6.78. The van der Waals surface area contributed by atoms with Crippen LogP contribution in [0, 0.1) is 0 Å². The molecule has 1 saturated carbocycles. The molecule has 0 saturated heterocycles. The Kier molecular flexibility index (Phi) is 3.51. The molecule has 0 spiro atoms. The molecular weight excluding hydrogens is 240 g/mol. The highest BCUT2D eigenvalue weighted by Gasteiger charge is 2.20. The van der Waals surface area contributed by atoms with Crippen molar-refractivity contribution in [3.8, 4) is 11.8 Å². The van der Waals surface area contributed by atoms with E-state index in [1.54, 1.807) is 6.26 Å². The van der Waals surface area contributed by atoms with Crippen LogP contribution in [0.3, 0.4) is 0 Å². The second kappa shape index (κ2) is 5.45. The second-order valence-corrected chi connectivity index (χ2v) is 4.86. The fourth-order valence-corrected chi connectivity index (χ4v) is 1.85. The summed E-state index contributed by atoms with van der Waals surface area (Å²) in [5, 5.41) is 3.39. The summed E-state index contributed by atoms with van der Waals surface area (Å²) in [7, 11) is 0. The lowest BCUT2D eigenvalue weighted by Crippen LogP contribution is -2.15. The van der Waals surface area contributed by atoms with Crippen LogP contribution in [-0.2, 0) is 13.0 Å². The van der Waals surface area contributed by atoms with Crippen LogP contribution in [0.25, 0.3) is 0 Å². The van der Waals surface area contributed by atoms with Gasteiger partial charge in [-0.2, -0.15) is 4.98 Å². The molecule has 1 aliphatic rings. The van der Waals surface area contributed by atoms with Gasteiger partial charge in [0, 0.05) is 12.6 Å². The zero-order valence-electron chi connectivity index (χ0n) is 11.1. The van der Waals surface area contributed by atoms with Gasteiger partial charge in [-0.05, 0) is 37.0 Å². The van der Waals surface area contributed by atoms with Crippen LogP contribution >= 0.6 is 0 Å². The maximum Gasteiger partial charge on any atom is 0.399 e. The number of benzene rings is 1. The van der Waals surface area contributed by atoms with E-state index >= 15 is 0 Å². The molecule has 100 valence electrons. The van der Waals surface area contributed by atoms with E-state index in [0.29, 0.717) is 12.1 Å². The fourth-order valence-electron chi connectivity index (χ4n) is 1.85. The highest BCUT2D eigenvalue weighted by Crippen LogP contribution is 2.22. The van der Waals surface area contributed by atoms with Crippen molar-refractivity contribution in [3.63, 3.8) is 0 Å². The summed E-state index contributed by atoms with van der Waals surface area (Å²) in [6.07, 6.45) is 5.51. The molecule has 0 amide bonds. The van der Waals surface area contributed by atoms with Gasteiger partial charge in [0.1, 0.15) is 12.0 Å². The number of hydrogen-bond donors (Lipinski definition) is 1. The van der Waals surface area contributed by atoms with Crippen molar-refractivity contribution < 1.29 is 9.15 Å². The minimum atomic E-state index is 0.303. The van der Waals surface area contributed by atoms with Gasteiger partial charge >= 0.3 is 6.08 Å². The zero-order chi connectivity index (χ0) is 13.1. The average Bonchev–Trinajstić information content (AvgIpc) is 3.17. The number of aryl methyl sites for hydroxylation is 1. The summed E-state index contributed by atoms with van der Waals surface area (Å²) in [5.74, 6) is 0.751. The van der Waals surface area contributed by atoms with Gasteiger partial charge in [0.25, 0.3) is 0 Å². The van der Waals surface area contributed by atoms with Crippen molar-refractivity contribution in [3.05, 3.63) is 41.8 Å². The minimum absolute atomic E-state index is 0.303. The van der Waals surface area contributed by atoms with Crippen LogP contribution in [0.5, 0.6) is 11.8 Å². The molecule has 0 atom stereocenters. The molecule has 1 heterocycles. The molecule has 1 aromatic carbocycles. The van der Waals surface area contributed by atoms with E-state index in [1.165, 1.54) is 18.4 Å². The number of oxazole rings is 1. The summed E-state index contributed by atoms with van der Waals surface area (Å²) in [6.45, 7) is 2.87. The Morgan fingerprint density at radius 2 is 2.11 bits per heavy atom. The van der Waals surface area contributed by atoms with E-state index in [1.807, 2.05) is 24.3 Å². The lowest BCUT2D eigenvalue weighted by atomic mass is 10.2. The molecule has 3 rings (SSSR count). The van der Waals surface area contributed by atoms with Gasteiger partial charge < -0.3 is 14.5 Å². The highest BCUT2D eigenvalue weighted by atomic mass is 16.6. The van der Waals surface area contributed by atoms with E-state index in [9.17, 15) is 0 Å². The first-order valence-electron chi connectivity index (χ1n) is 6.78. The summed E-state index contributed by atoms with van der Waals surface area (Å²) in [5.41, 5.74) is 2.17. The molecule has 19 heavy (non-hydrogen) atoms. The Morgan fingerprint density at radius 3 is 2.79 bits per heavy atom.